The van der Waals surface area contributed by atoms with Crippen LogP contribution in [0.2, 0.25) is 5.02 Å². The Balaban J connectivity index is 2.09. The number of hydrogen-bond donors (Lipinski definition) is 1. The number of nitrogens with zero attached hydrogens (tertiary/aromatic N) is 1. The zero-order chi connectivity index (χ0) is 19.9. The van der Waals surface area contributed by atoms with Crippen molar-refractivity contribution in [1.29, 1.82) is 0 Å². The fourth-order valence-electron chi connectivity index (χ4n) is 2.51. The van der Waals surface area contributed by atoms with Crippen molar-refractivity contribution in [1.82, 2.24) is 0 Å². The maximum absolute atomic E-state index is 12.8. The summed E-state index contributed by atoms with van der Waals surface area (Å²) in [5.74, 6) is -1.61. The first-order valence-corrected chi connectivity index (χ1v) is 9.99. The van der Waals surface area contributed by atoms with Crippen molar-refractivity contribution in [3.8, 4) is 0 Å². The Morgan fingerprint density at radius 1 is 1.22 bits per heavy atom. The maximum Gasteiger partial charge on any atom is 0.293 e. The predicted molar refractivity (Wildman–Crippen MR) is 99.8 cm³/mol. The van der Waals surface area contributed by atoms with Crippen molar-refractivity contribution in [3.05, 3.63) is 62.7 Å². The van der Waals surface area contributed by atoms with Gasteiger partial charge in [0.15, 0.2) is 0 Å². The van der Waals surface area contributed by atoms with Gasteiger partial charge in [0.25, 0.3) is 15.7 Å². The summed E-state index contributed by atoms with van der Waals surface area (Å²) in [7, 11) is -4.15. The van der Waals surface area contributed by atoms with Crippen LogP contribution in [-0.4, -0.2) is 19.3 Å². The minimum Gasteiger partial charge on any atom is -0.545 e. The molecule has 1 N–H and O–H groups in total. The van der Waals surface area contributed by atoms with Crippen molar-refractivity contribution in [2.75, 3.05) is 4.72 Å². The summed E-state index contributed by atoms with van der Waals surface area (Å²) in [5.41, 5.74) is -1.02. The summed E-state index contributed by atoms with van der Waals surface area (Å²) >= 11 is 6.95. The first kappa shape index (κ1) is 19.1. The molecule has 1 aromatic heterocycles. The van der Waals surface area contributed by atoms with E-state index in [2.05, 4.69) is 4.72 Å². The normalized spacial score (nSPS) is 11.5. The van der Waals surface area contributed by atoms with Crippen LogP contribution in [-0.2, 0) is 10.0 Å². The summed E-state index contributed by atoms with van der Waals surface area (Å²) in [6.07, 6.45) is 0. The number of benzene rings is 2. The molecule has 2 aromatic carbocycles. The fraction of sp³-hybridized carbons (Fsp3) is 0.0625. The van der Waals surface area contributed by atoms with E-state index in [0.717, 1.165) is 29.5 Å². The quantitative estimate of drug-likeness (QED) is 0.494. The minimum absolute atomic E-state index is 0.0157. The van der Waals surface area contributed by atoms with E-state index in [9.17, 15) is 28.4 Å². The van der Waals surface area contributed by atoms with Crippen molar-refractivity contribution in [2.45, 2.75) is 11.1 Å². The Morgan fingerprint density at radius 3 is 2.56 bits per heavy atom. The maximum atomic E-state index is 12.8. The van der Waals surface area contributed by atoms with Gasteiger partial charge in [0.05, 0.1) is 10.9 Å². The Kier molecular flexibility index (Phi) is 4.81. The minimum atomic E-state index is -4.15. The van der Waals surface area contributed by atoms with Crippen LogP contribution >= 0.6 is 22.9 Å². The van der Waals surface area contributed by atoms with Crippen molar-refractivity contribution < 1.29 is 23.2 Å². The molecule has 27 heavy (non-hydrogen) atoms. The number of carboxylic acid groups (broad SMARTS) is 1. The molecule has 11 heteroatoms. The van der Waals surface area contributed by atoms with Crippen molar-refractivity contribution >= 4 is 60.4 Å². The van der Waals surface area contributed by atoms with Gasteiger partial charge in [-0.15, -0.1) is 11.3 Å². The highest BCUT2D eigenvalue weighted by Crippen LogP contribution is 2.37. The third-order valence-electron chi connectivity index (χ3n) is 3.77. The Hall–Kier alpha value is -2.69. The van der Waals surface area contributed by atoms with Crippen LogP contribution in [0.1, 0.15) is 15.9 Å². The van der Waals surface area contributed by atoms with Gasteiger partial charge >= 0.3 is 0 Å². The number of carboxylic acids is 1. The van der Waals surface area contributed by atoms with Gasteiger partial charge in [-0.05, 0) is 42.1 Å². The molecule has 1 heterocycles. The van der Waals surface area contributed by atoms with Crippen LogP contribution in [0.5, 0.6) is 0 Å². The second-order valence-corrected chi connectivity index (χ2v) is 8.90. The van der Waals surface area contributed by atoms with Gasteiger partial charge in [0.1, 0.15) is 9.90 Å². The molecule has 3 rings (SSSR count). The molecule has 140 valence electrons. The number of sulfonamides is 1. The third kappa shape index (κ3) is 3.59. The fourth-order valence-corrected chi connectivity index (χ4v) is 5.51. The monoisotopic (exact) mass is 425 g/mol. The number of nitro benzene ring substituents is 1. The molecular weight excluding hydrogens is 416 g/mol. The largest absolute Gasteiger partial charge is 0.545 e. The zero-order valence-electron chi connectivity index (χ0n) is 13.6. The van der Waals surface area contributed by atoms with Gasteiger partial charge in [-0.3, -0.25) is 14.8 Å². The lowest BCUT2D eigenvalue weighted by Crippen LogP contribution is -2.22. The van der Waals surface area contributed by atoms with E-state index in [-0.39, 0.29) is 9.90 Å². The molecule has 0 saturated carbocycles. The molecular formula is C16H10ClN2O6S2-. The van der Waals surface area contributed by atoms with Crippen LogP contribution < -0.4 is 9.83 Å². The van der Waals surface area contributed by atoms with Crippen LogP contribution in [0.25, 0.3) is 10.1 Å². The molecule has 0 bridgehead atoms. The summed E-state index contributed by atoms with van der Waals surface area (Å²) in [4.78, 5) is 21.2. The number of halogens is 1. The van der Waals surface area contributed by atoms with E-state index in [0.29, 0.717) is 20.7 Å². The summed E-state index contributed by atoms with van der Waals surface area (Å²) in [5, 5.41) is 23.2. The smallest absolute Gasteiger partial charge is 0.293 e. The van der Waals surface area contributed by atoms with E-state index in [4.69, 9.17) is 11.6 Å². The van der Waals surface area contributed by atoms with Gasteiger partial charge in [-0.2, -0.15) is 0 Å². The summed E-state index contributed by atoms with van der Waals surface area (Å²) in [6.45, 7) is 1.61. The van der Waals surface area contributed by atoms with E-state index >= 15 is 0 Å². The van der Waals surface area contributed by atoms with Crippen LogP contribution in [0.4, 0.5) is 11.4 Å². The first-order valence-electron chi connectivity index (χ1n) is 7.31. The number of thiophene rings is 1. The molecule has 0 saturated heterocycles. The summed E-state index contributed by atoms with van der Waals surface area (Å²) < 4.78 is 28.4. The lowest BCUT2D eigenvalue weighted by molar-refractivity contribution is -0.384. The second kappa shape index (κ2) is 6.80. The van der Waals surface area contributed by atoms with Crippen molar-refractivity contribution in [2.24, 2.45) is 0 Å². The van der Waals surface area contributed by atoms with Gasteiger partial charge in [-0.25, -0.2) is 8.42 Å². The number of nitro groups is 1. The topological polar surface area (TPSA) is 129 Å². The van der Waals surface area contributed by atoms with Gasteiger partial charge < -0.3 is 9.90 Å². The molecule has 0 aliphatic heterocycles. The lowest BCUT2D eigenvalue weighted by Gasteiger charge is -2.09. The molecule has 0 fully saturated rings. The number of nitrogens with one attached hydrogen (secondary N) is 1. The average Bonchev–Trinajstić information content (AvgIpc) is 2.92. The predicted octanol–water partition coefficient (Wildman–Crippen LogP) is 2.94. The molecule has 0 atom stereocenters. The number of carbonyl (C=O) groups is 1. The second-order valence-electron chi connectivity index (χ2n) is 5.54. The molecule has 0 spiro atoms. The molecule has 3 aromatic rings. The first-order chi connectivity index (χ1) is 12.6. The van der Waals surface area contributed by atoms with Crippen LogP contribution in [0, 0.1) is 17.0 Å². The standard InChI is InChI=1S/C16H11ClN2O6S2/c1-8-11-7-10(17)3-5-14(11)26-16(8)27(24,25)18-12-4-2-9(15(20)21)6-13(12)19(22)23/h2-7,18H,1H3,(H,20,21)/p-1. The highest BCUT2D eigenvalue weighted by Gasteiger charge is 2.25. The highest BCUT2D eigenvalue weighted by atomic mass is 35.5. The Labute approximate surface area is 162 Å². The number of anilines is 1. The number of fused-ring (bicyclic) bond motifs is 1. The molecule has 0 radical (unpaired) electrons. The molecule has 0 aliphatic carbocycles. The van der Waals surface area contributed by atoms with E-state index < -0.39 is 32.2 Å². The Bertz CT molecular complexity index is 1200. The number of carbonyl (C=O) groups excluding carboxylic acids is 1. The Morgan fingerprint density at radius 2 is 1.93 bits per heavy atom. The van der Waals surface area contributed by atoms with Gasteiger partial charge in [-0.1, -0.05) is 17.7 Å². The molecule has 0 aliphatic rings. The van der Waals surface area contributed by atoms with Gasteiger partial charge in [0.2, 0.25) is 0 Å². The van der Waals surface area contributed by atoms with Gasteiger partial charge in [0, 0.05) is 21.4 Å². The van der Waals surface area contributed by atoms with Crippen molar-refractivity contribution in [3.63, 3.8) is 0 Å². The van der Waals surface area contributed by atoms with E-state index in [1.807, 2.05) is 0 Å². The number of hydrogen-bond acceptors (Lipinski definition) is 7. The molecule has 0 amide bonds. The van der Waals surface area contributed by atoms with E-state index in [1.54, 1.807) is 25.1 Å². The van der Waals surface area contributed by atoms with Crippen LogP contribution in [0.3, 0.4) is 0 Å². The number of rotatable bonds is 5. The highest BCUT2D eigenvalue weighted by molar-refractivity contribution is 7.95. The zero-order valence-corrected chi connectivity index (χ0v) is 15.9. The summed E-state index contributed by atoms with van der Waals surface area (Å²) in [6, 6.07) is 7.74. The third-order valence-corrected chi connectivity index (χ3v) is 7.27. The lowest BCUT2D eigenvalue weighted by atomic mass is 10.2. The SMILES string of the molecule is Cc1c(S(=O)(=O)Nc2ccc(C(=O)[O-])cc2[N+](=O)[O-])sc2ccc(Cl)cc12. The molecule has 0 unspecified atom stereocenters. The van der Waals surface area contributed by atoms with Crippen LogP contribution in [0.15, 0.2) is 40.6 Å². The van der Waals surface area contributed by atoms with E-state index in [1.165, 1.54) is 0 Å². The molecule has 8 nitrogen and oxygen atoms in total. The average molecular weight is 426 g/mol. The number of aryl methyl sites for hydroxylation is 1. The number of aromatic carboxylic acids is 1.